The second-order valence-electron chi connectivity index (χ2n) is 7.13. The Labute approximate surface area is 170 Å². The molecule has 0 spiro atoms. The van der Waals surface area contributed by atoms with Crippen LogP contribution in [0.1, 0.15) is 26.3 Å². The lowest BCUT2D eigenvalue weighted by molar-refractivity contribution is -0.152. The van der Waals surface area contributed by atoms with Gasteiger partial charge in [0.25, 0.3) is 6.01 Å². The number of hydrogen-bond donors (Lipinski definition) is 1. The highest BCUT2D eigenvalue weighted by molar-refractivity contribution is 5.76. The van der Waals surface area contributed by atoms with Gasteiger partial charge in [0.2, 0.25) is 0 Å². The number of carboxylic acid groups (broad SMARTS) is 1. The summed E-state index contributed by atoms with van der Waals surface area (Å²) in [6, 6.07) is 15.6. The van der Waals surface area contributed by atoms with E-state index in [-0.39, 0.29) is 0 Å². The molecular weight excluding hydrogens is 368 g/mol. The van der Waals surface area contributed by atoms with Gasteiger partial charge in [0.1, 0.15) is 11.3 Å². The molecule has 1 heterocycles. The zero-order valence-corrected chi connectivity index (χ0v) is 16.8. The number of oxazole rings is 1. The maximum absolute atomic E-state index is 11.3. The molecule has 150 valence electrons. The van der Waals surface area contributed by atoms with E-state index in [1.165, 1.54) is 13.8 Å². The standard InChI is InChI=1S/C23H24N2O4/c1-4-5-14-25(22-24-19-11-6-7-12-20(19)28-22)15-13-17-9-8-10-18(16-17)29-23(2,3)21(26)27/h6-12,16H,13-15H2,1-3H3,(H,26,27). The molecule has 0 saturated carbocycles. The van der Waals surface area contributed by atoms with Crippen LogP contribution < -0.4 is 9.64 Å². The van der Waals surface area contributed by atoms with Gasteiger partial charge in [-0.05, 0) is 57.0 Å². The van der Waals surface area contributed by atoms with Gasteiger partial charge < -0.3 is 19.2 Å². The van der Waals surface area contributed by atoms with E-state index in [0.717, 1.165) is 16.7 Å². The maximum Gasteiger partial charge on any atom is 0.347 e. The third-order valence-electron chi connectivity index (χ3n) is 4.46. The minimum atomic E-state index is -1.29. The van der Waals surface area contributed by atoms with Gasteiger partial charge in [0.15, 0.2) is 11.2 Å². The summed E-state index contributed by atoms with van der Waals surface area (Å²) in [4.78, 5) is 17.9. The van der Waals surface area contributed by atoms with Crippen molar-refractivity contribution in [1.29, 1.82) is 0 Å². The molecule has 2 aromatic carbocycles. The molecule has 3 rings (SSSR count). The fourth-order valence-electron chi connectivity index (χ4n) is 2.78. The number of para-hydroxylation sites is 2. The molecule has 0 aliphatic carbocycles. The number of carboxylic acids is 1. The Morgan fingerprint density at radius 1 is 1.24 bits per heavy atom. The second kappa shape index (κ2) is 8.70. The number of fused-ring (bicyclic) bond motifs is 1. The number of hydrogen-bond acceptors (Lipinski definition) is 5. The van der Waals surface area contributed by atoms with Gasteiger partial charge in [-0.1, -0.05) is 30.2 Å². The Morgan fingerprint density at radius 2 is 2.03 bits per heavy atom. The monoisotopic (exact) mass is 392 g/mol. The van der Waals surface area contributed by atoms with Crippen LogP contribution in [0.4, 0.5) is 6.01 Å². The van der Waals surface area contributed by atoms with Crippen molar-refractivity contribution in [2.75, 3.05) is 18.0 Å². The van der Waals surface area contributed by atoms with Crippen LogP contribution in [-0.2, 0) is 11.2 Å². The topological polar surface area (TPSA) is 75.8 Å². The number of nitrogens with zero attached hydrogens (tertiary/aromatic N) is 2. The largest absolute Gasteiger partial charge is 0.478 e. The Bertz CT molecular complexity index is 1030. The molecule has 0 amide bonds. The van der Waals surface area contributed by atoms with Crippen LogP contribution in [0.25, 0.3) is 11.1 Å². The van der Waals surface area contributed by atoms with Gasteiger partial charge in [0, 0.05) is 6.54 Å². The minimum absolute atomic E-state index is 0.506. The molecule has 6 nitrogen and oxygen atoms in total. The molecule has 0 aliphatic heterocycles. The van der Waals surface area contributed by atoms with E-state index in [2.05, 4.69) is 16.8 Å². The molecule has 29 heavy (non-hydrogen) atoms. The summed E-state index contributed by atoms with van der Waals surface area (Å²) in [5, 5.41) is 9.25. The van der Waals surface area contributed by atoms with Crippen LogP contribution in [0, 0.1) is 11.8 Å². The fraction of sp³-hybridized carbons (Fsp3) is 0.304. The number of anilines is 1. The highest BCUT2D eigenvalue weighted by Gasteiger charge is 2.29. The van der Waals surface area contributed by atoms with Crippen molar-refractivity contribution in [1.82, 2.24) is 4.98 Å². The van der Waals surface area contributed by atoms with Crippen molar-refractivity contribution in [3.8, 4) is 17.6 Å². The first-order chi connectivity index (χ1) is 13.9. The molecule has 0 bridgehead atoms. The maximum atomic E-state index is 11.3. The molecule has 0 saturated heterocycles. The lowest BCUT2D eigenvalue weighted by Gasteiger charge is -2.22. The Balaban J connectivity index is 1.75. The molecule has 0 atom stereocenters. The predicted octanol–water partition coefficient (Wildman–Crippen LogP) is 4.14. The average Bonchev–Trinajstić information content (AvgIpc) is 3.12. The minimum Gasteiger partial charge on any atom is -0.478 e. The molecular formula is C23H24N2O4. The summed E-state index contributed by atoms with van der Waals surface area (Å²) in [7, 11) is 0. The van der Waals surface area contributed by atoms with Crippen LogP contribution in [0.3, 0.4) is 0 Å². The zero-order valence-electron chi connectivity index (χ0n) is 16.8. The first kappa shape index (κ1) is 20.3. The van der Waals surface area contributed by atoms with Gasteiger partial charge in [-0.25, -0.2) is 4.79 Å². The summed E-state index contributed by atoms with van der Waals surface area (Å²) >= 11 is 0. The Morgan fingerprint density at radius 3 is 2.76 bits per heavy atom. The molecule has 0 unspecified atom stereocenters. The van der Waals surface area contributed by atoms with Crippen molar-refractivity contribution in [2.24, 2.45) is 0 Å². The molecule has 3 aromatic rings. The number of rotatable bonds is 8. The summed E-state index contributed by atoms with van der Waals surface area (Å²) in [5.41, 5.74) is 1.28. The van der Waals surface area contributed by atoms with E-state index in [1.54, 1.807) is 13.0 Å². The summed E-state index contributed by atoms with van der Waals surface area (Å²) < 4.78 is 11.5. The van der Waals surface area contributed by atoms with E-state index in [1.807, 2.05) is 47.4 Å². The number of benzene rings is 2. The number of ether oxygens (including phenoxy) is 1. The molecule has 1 N–H and O–H groups in total. The van der Waals surface area contributed by atoms with Gasteiger partial charge in [0.05, 0.1) is 6.54 Å². The lowest BCUT2D eigenvalue weighted by atomic mass is 10.1. The van der Waals surface area contributed by atoms with Crippen molar-refractivity contribution in [2.45, 2.75) is 32.8 Å². The third kappa shape index (κ3) is 5.08. The number of carbonyl (C=O) groups is 1. The van der Waals surface area contributed by atoms with Gasteiger partial charge >= 0.3 is 5.97 Å². The summed E-state index contributed by atoms with van der Waals surface area (Å²) in [6.07, 6.45) is 0.703. The number of aliphatic carboxylic acids is 1. The highest BCUT2D eigenvalue weighted by Crippen LogP contribution is 2.23. The van der Waals surface area contributed by atoms with Gasteiger partial charge in [-0.3, -0.25) is 0 Å². The van der Waals surface area contributed by atoms with Crippen molar-refractivity contribution >= 4 is 23.1 Å². The molecule has 0 aliphatic rings. The smallest absolute Gasteiger partial charge is 0.347 e. The van der Waals surface area contributed by atoms with Gasteiger partial charge in [-0.2, -0.15) is 4.98 Å². The first-order valence-corrected chi connectivity index (χ1v) is 9.40. The SMILES string of the molecule is CC#CCN(CCc1cccc(OC(C)(C)C(=O)O)c1)c1nc2ccccc2o1. The third-order valence-corrected chi connectivity index (χ3v) is 4.46. The lowest BCUT2D eigenvalue weighted by Crippen LogP contribution is -2.37. The Hall–Kier alpha value is -3.46. The highest BCUT2D eigenvalue weighted by atomic mass is 16.5. The summed E-state index contributed by atoms with van der Waals surface area (Å²) in [6.45, 7) is 6.01. The molecule has 6 heteroatoms. The predicted molar refractivity (Wildman–Crippen MR) is 112 cm³/mol. The number of aromatic nitrogens is 1. The summed E-state index contributed by atoms with van der Waals surface area (Å²) in [5.74, 6) is 5.49. The van der Waals surface area contributed by atoms with E-state index in [9.17, 15) is 9.90 Å². The second-order valence-corrected chi connectivity index (χ2v) is 7.13. The quantitative estimate of drug-likeness (QED) is 0.581. The van der Waals surface area contributed by atoms with Gasteiger partial charge in [-0.15, -0.1) is 5.92 Å². The van der Waals surface area contributed by atoms with Crippen LogP contribution in [0.15, 0.2) is 52.9 Å². The molecule has 0 radical (unpaired) electrons. The van der Waals surface area contributed by atoms with Crippen molar-refractivity contribution in [3.05, 3.63) is 54.1 Å². The fourth-order valence-corrected chi connectivity index (χ4v) is 2.78. The van der Waals surface area contributed by atoms with E-state index < -0.39 is 11.6 Å². The first-order valence-electron chi connectivity index (χ1n) is 9.40. The van der Waals surface area contributed by atoms with Crippen molar-refractivity contribution in [3.63, 3.8) is 0 Å². The molecule has 1 aromatic heterocycles. The van der Waals surface area contributed by atoms with E-state index in [4.69, 9.17) is 9.15 Å². The van der Waals surface area contributed by atoms with Crippen LogP contribution in [0.5, 0.6) is 5.75 Å². The van der Waals surface area contributed by atoms with E-state index in [0.29, 0.717) is 31.3 Å². The normalized spacial score (nSPS) is 11.0. The zero-order chi connectivity index (χ0) is 20.9. The average molecular weight is 392 g/mol. The molecule has 0 fully saturated rings. The van der Waals surface area contributed by atoms with Crippen molar-refractivity contribution < 1.29 is 19.1 Å². The van der Waals surface area contributed by atoms with Crippen LogP contribution in [0.2, 0.25) is 0 Å². The van der Waals surface area contributed by atoms with Crippen LogP contribution >= 0.6 is 0 Å². The van der Waals surface area contributed by atoms with Crippen LogP contribution in [-0.4, -0.2) is 34.8 Å². The van der Waals surface area contributed by atoms with E-state index >= 15 is 0 Å². The Kier molecular flexibility index (Phi) is 6.08.